The second kappa shape index (κ2) is 7.78. The Hall–Kier alpha value is -0.617. The van der Waals surface area contributed by atoms with Gasteiger partial charge >= 0.3 is 26.2 Å². The molecule has 0 spiro atoms. The summed E-state index contributed by atoms with van der Waals surface area (Å²) in [5.41, 5.74) is 8.33. The van der Waals surface area contributed by atoms with Crippen molar-refractivity contribution in [2.24, 2.45) is 0 Å². The Labute approximate surface area is 163 Å². The van der Waals surface area contributed by atoms with Gasteiger partial charge in [0.05, 0.1) is 0 Å². The van der Waals surface area contributed by atoms with E-state index < -0.39 is 0 Å². The van der Waals surface area contributed by atoms with Crippen molar-refractivity contribution < 1.29 is 51.0 Å². The van der Waals surface area contributed by atoms with Crippen LogP contribution in [-0.2, 0) is 26.2 Å². The van der Waals surface area contributed by atoms with Crippen LogP contribution < -0.4 is 24.8 Å². The number of fused-ring (bicyclic) bond motifs is 3. The average molecular weight is 405 g/mol. The Balaban J connectivity index is 0.000000807. The molecule has 2 aromatic carbocycles. The van der Waals surface area contributed by atoms with E-state index in [0.717, 1.165) is 6.42 Å². The Morgan fingerprint density at radius 2 is 1.59 bits per heavy atom. The summed E-state index contributed by atoms with van der Waals surface area (Å²) < 4.78 is 0. The van der Waals surface area contributed by atoms with Crippen molar-refractivity contribution in [1.29, 1.82) is 0 Å². The molecule has 3 heteroatoms. The fourth-order valence-corrected chi connectivity index (χ4v) is 3.37. The fraction of sp³-hybridized carbons (Fsp3) is 0.158. The van der Waals surface area contributed by atoms with Crippen LogP contribution in [0.1, 0.15) is 36.0 Å². The first-order valence-electron chi connectivity index (χ1n) is 6.86. The van der Waals surface area contributed by atoms with Gasteiger partial charge in [0.2, 0.25) is 0 Å². The van der Waals surface area contributed by atoms with Crippen LogP contribution >= 0.6 is 0 Å². The predicted molar refractivity (Wildman–Crippen MR) is 79.8 cm³/mol. The van der Waals surface area contributed by atoms with Gasteiger partial charge in [-0.05, 0) is 22.6 Å². The number of hydrogen-bond donors (Lipinski definition) is 0. The van der Waals surface area contributed by atoms with Crippen LogP contribution in [0.5, 0.6) is 0 Å². The van der Waals surface area contributed by atoms with E-state index in [1.165, 1.54) is 33.4 Å². The van der Waals surface area contributed by atoms with Gasteiger partial charge in [-0.25, -0.2) is 0 Å². The molecule has 0 nitrogen and oxygen atoms in total. The molecule has 1 unspecified atom stereocenters. The van der Waals surface area contributed by atoms with Gasteiger partial charge in [0.1, 0.15) is 0 Å². The van der Waals surface area contributed by atoms with E-state index in [1.54, 1.807) is 0 Å². The SMILES string of the molecule is CC1c2ccccc2-c2cccc(C3=[C-]CC=C3)c21.[Cl-].[Cl-].[Zr+3]. The van der Waals surface area contributed by atoms with Gasteiger partial charge in [0, 0.05) is 0 Å². The first kappa shape index (κ1) is 19.4. The summed E-state index contributed by atoms with van der Waals surface area (Å²) >= 11 is 0. The van der Waals surface area contributed by atoms with Crippen molar-refractivity contribution in [3.05, 3.63) is 77.4 Å². The molecule has 1 radical (unpaired) electrons. The van der Waals surface area contributed by atoms with E-state index >= 15 is 0 Å². The molecule has 0 saturated carbocycles. The van der Waals surface area contributed by atoms with Crippen molar-refractivity contribution >= 4 is 5.57 Å². The average Bonchev–Trinajstić information content (AvgIpc) is 3.08. The second-order valence-electron chi connectivity index (χ2n) is 5.27. The Morgan fingerprint density at radius 3 is 2.32 bits per heavy atom. The van der Waals surface area contributed by atoms with Crippen LogP contribution in [0.4, 0.5) is 0 Å². The molecule has 2 aliphatic rings. The maximum atomic E-state index is 3.46. The van der Waals surface area contributed by atoms with Gasteiger partial charge in [-0.15, -0.1) is 17.7 Å². The number of hydrogen-bond acceptors (Lipinski definition) is 0. The van der Waals surface area contributed by atoms with Crippen LogP contribution in [0.3, 0.4) is 0 Å². The molecular formula is C19H15Cl2Zr. The summed E-state index contributed by atoms with van der Waals surface area (Å²) in [6.07, 6.45) is 8.78. The van der Waals surface area contributed by atoms with Crippen molar-refractivity contribution in [1.82, 2.24) is 0 Å². The number of rotatable bonds is 1. The van der Waals surface area contributed by atoms with Crippen molar-refractivity contribution in [3.63, 3.8) is 0 Å². The van der Waals surface area contributed by atoms with Crippen LogP contribution in [-0.4, -0.2) is 0 Å². The van der Waals surface area contributed by atoms with Crippen LogP contribution in [0.25, 0.3) is 16.7 Å². The molecule has 0 saturated heterocycles. The van der Waals surface area contributed by atoms with E-state index in [-0.39, 0.29) is 51.0 Å². The molecule has 22 heavy (non-hydrogen) atoms. The van der Waals surface area contributed by atoms with Crippen molar-refractivity contribution in [2.45, 2.75) is 19.3 Å². The largest absolute Gasteiger partial charge is 3.00 e. The minimum absolute atomic E-state index is 0. The summed E-state index contributed by atoms with van der Waals surface area (Å²) in [7, 11) is 0. The van der Waals surface area contributed by atoms with E-state index in [1.807, 2.05) is 0 Å². The molecule has 0 N–H and O–H groups in total. The molecule has 0 amide bonds. The van der Waals surface area contributed by atoms with Gasteiger partial charge in [-0.1, -0.05) is 55.3 Å². The summed E-state index contributed by atoms with van der Waals surface area (Å²) in [5, 5.41) is 0. The molecule has 0 bridgehead atoms. The molecule has 0 heterocycles. The fourth-order valence-electron chi connectivity index (χ4n) is 3.37. The zero-order chi connectivity index (χ0) is 12.8. The molecule has 4 rings (SSSR count). The van der Waals surface area contributed by atoms with E-state index in [4.69, 9.17) is 0 Å². The molecule has 2 aliphatic carbocycles. The van der Waals surface area contributed by atoms with Gasteiger partial charge < -0.3 is 24.8 Å². The first-order valence-corrected chi connectivity index (χ1v) is 6.86. The third-order valence-electron chi connectivity index (χ3n) is 4.24. The van der Waals surface area contributed by atoms with Crippen molar-refractivity contribution in [2.75, 3.05) is 0 Å². The van der Waals surface area contributed by atoms with Gasteiger partial charge in [-0.2, -0.15) is 17.7 Å². The second-order valence-corrected chi connectivity index (χ2v) is 5.27. The molecule has 109 valence electrons. The maximum Gasteiger partial charge on any atom is 3.00 e. The molecule has 0 aliphatic heterocycles. The topological polar surface area (TPSA) is 0 Å². The third kappa shape index (κ3) is 2.92. The smallest absolute Gasteiger partial charge is 1.00 e. The van der Waals surface area contributed by atoms with E-state index in [9.17, 15) is 0 Å². The minimum atomic E-state index is 0. The summed E-state index contributed by atoms with van der Waals surface area (Å²) in [6.45, 7) is 2.31. The molecule has 0 fully saturated rings. The Morgan fingerprint density at radius 1 is 0.909 bits per heavy atom. The Bertz CT molecular complexity index is 732. The minimum Gasteiger partial charge on any atom is -1.00 e. The molecule has 1 atom stereocenters. The molecule has 2 aromatic rings. The number of allylic oxidation sites excluding steroid dienone is 4. The summed E-state index contributed by atoms with van der Waals surface area (Å²) in [5.74, 6) is 0.477. The molecule has 0 aromatic heterocycles. The zero-order valence-electron chi connectivity index (χ0n) is 12.2. The number of benzene rings is 2. The van der Waals surface area contributed by atoms with E-state index in [2.05, 4.69) is 67.6 Å². The van der Waals surface area contributed by atoms with Crippen LogP contribution in [0.2, 0.25) is 0 Å². The maximum absolute atomic E-state index is 3.46. The normalized spacial score (nSPS) is 16.6. The first-order chi connectivity index (χ1) is 9.36. The number of halogens is 2. The quantitative estimate of drug-likeness (QED) is 0.533. The third-order valence-corrected chi connectivity index (χ3v) is 4.24. The standard InChI is InChI=1S/C19H15.2ClH.Zr/c1-13-15-9-4-5-10-17(15)18-12-6-11-16(19(13)18)14-7-2-3-8-14;;;/h2,4-7,9-13H,3H2,1H3;2*1H;/q-1;;;+3/p-2. The van der Waals surface area contributed by atoms with Crippen LogP contribution in [0, 0.1) is 6.08 Å². The predicted octanol–water partition coefficient (Wildman–Crippen LogP) is -1.03. The van der Waals surface area contributed by atoms with Crippen molar-refractivity contribution in [3.8, 4) is 11.1 Å². The summed E-state index contributed by atoms with van der Waals surface area (Å²) in [6, 6.07) is 15.4. The Kier molecular flexibility index (Phi) is 6.87. The van der Waals surface area contributed by atoms with Crippen LogP contribution in [0.15, 0.2) is 54.6 Å². The van der Waals surface area contributed by atoms with Gasteiger partial charge in [0.15, 0.2) is 0 Å². The van der Waals surface area contributed by atoms with Gasteiger partial charge in [0.25, 0.3) is 0 Å². The molecular weight excluding hydrogens is 390 g/mol. The monoisotopic (exact) mass is 403 g/mol. The van der Waals surface area contributed by atoms with E-state index in [0.29, 0.717) is 5.92 Å². The zero-order valence-corrected chi connectivity index (χ0v) is 16.2. The van der Waals surface area contributed by atoms with Gasteiger partial charge in [-0.3, -0.25) is 0 Å². The summed E-state index contributed by atoms with van der Waals surface area (Å²) in [4.78, 5) is 0.